The van der Waals surface area contributed by atoms with E-state index >= 15 is 0 Å². The van der Waals surface area contributed by atoms with E-state index in [-0.39, 0.29) is 18.2 Å². The molecule has 32 heavy (non-hydrogen) atoms. The fourth-order valence-electron chi connectivity index (χ4n) is 2.62. The molecule has 2 aromatic carbocycles. The lowest BCUT2D eigenvalue weighted by atomic mass is 10.1. The Kier molecular flexibility index (Phi) is 6.61. The Labute approximate surface area is 187 Å². The van der Waals surface area contributed by atoms with Crippen LogP contribution in [0.1, 0.15) is 16.8 Å². The number of carbonyl (C=O) groups excluding carboxylic acids is 3. The first kappa shape index (κ1) is 23.7. The summed E-state index contributed by atoms with van der Waals surface area (Å²) in [7, 11) is 0. The first-order chi connectivity index (χ1) is 14.9. The van der Waals surface area contributed by atoms with Gasteiger partial charge in [-0.1, -0.05) is 0 Å². The molecule has 0 aromatic heterocycles. The van der Waals surface area contributed by atoms with Crippen LogP contribution in [0.25, 0.3) is 0 Å². The maximum Gasteiger partial charge on any atom is 0.315 e. The normalized spacial score (nSPS) is 16.4. The molecular weight excluding hydrogens is 484 g/mol. The monoisotopic (exact) mass is 495 g/mol. The van der Waals surface area contributed by atoms with Gasteiger partial charge < -0.3 is 16.0 Å². The van der Waals surface area contributed by atoms with Crippen molar-refractivity contribution >= 4 is 58.0 Å². The Balaban J connectivity index is 1.79. The van der Waals surface area contributed by atoms with Gasteiger partial charge in [0.25, 0.3) is 11.8 Å². The molecule has 1 fully saturated rings. The molecule has 1 saturated carbocycles. The van der Waals surface area contributed by atoms with Crippen molar-refractivity contribution < 1.29 is 36.3 Å². The summed E-state index contributed by atoms with van der Waals surface area (Å²) < 4.78 is 65.4. The van der Waals surface area contributed by atoms with Gasteiger partial charge in [0.2, 0.25) is 5.91 Å². The highest BCUT2D eigenvalue weighted by Gasteiger charge is 2.56. The highest BCUT2D eigenvalue weighted by molar-refractivity contribution is 6.52. The van der Waals surface area contributed by atoms with Crippen molar-refractivity contribution in [3.05, 3.63) is 53.3 Å². The molecule has 0 bridgehead atoms. The van der Waals surface area contributed by atoms with Crippen LogP contribution in [0.4, 0.5) is 39.0 Å². The number of carbonyl (C=O) groups is 3. The number of amides is 3. The van der Waals surface area contributed by atoms with Crippen LogP contribution in [0, 0.1) is 23.4 Å². The predicted molar refractivity (Wildman–Crippen MR) is 107 cm³/mol. The molecule has 3 amide bonds. The molecule has 2 aromatic rings. The highest BCUT2D eigenvalue weighted by atomic mass is 35.5. The van der Waals surface area contributed by atoms with E-state index in [1.54, 1.807) is 0 Å². The minimum absolute atomic E-state index is 0.0158. The van der Waals surface area contributed by atoms with Crippen LogP contribution >= 0.6 is 23.2 Å². The maximum atomic E-state index is 14.1. The highest BCUT2D eigenvalue weighted by Crippen LogP contribution is 2.53. The van der Waals surface area contributed by atoms with E-state index in [2.05, 4.69) is 5.32 Å². The summed E-state index contributed by atoms with van der Waals surface area (Å²) in [6, 6.07) is 3.77. The zero-order chi connectivity index (χ0) is 23.8. The van der Waals surface area contributed by atoms with Crippen LogP contribution in [0.3, 0.4) is 0 Å². The first-order valence-corrected chi connectivity index (χ1v) is 9.52. The largest absolute Gasteiger partial charge is 0.326 e. The van der Waals surface area contributed by atoms with Gasteiger partial charge in [0.05, 0.1) is 22.9 Å². The van der Waals surface area contributed by atoms with Gasteiger partial charge in [-0.3, -0.25) is 14.4 Å². The zero-order valence-electron chi connectivity index (χ0n) is 15.6. The minimum atomic E-state index is -3.47. The molecule has 1 atom stereocenters. The quantitative estimate of drug-likeness (QED) is 0.401. The van der Waals surface area contributed by atoms with Gasteiger partial charge in [0.1, 0.15) is 21.8 Å². The third-order valence-electron chi connectivity index (χ3n) is 4.38. The van der Waals surface area contributed by atoms with Crippen molar-refractivity contribution in [2.24, 2.45) is 5.92 Å². The number of benzene rings is 2. The van der Waals surface area contributed by atoms with Crippen LogP contribution in [0.2, 0.25) is 0 Å². The zero-order valence-corrected chi connectivity index (χ0v) is 17.1. The van der Waals surface area contributed by atoms with Crippen LogP contribution in [-0.2, 0) is 9.59 Å². The maximum absolute atomic E-state index is 14.1. The number of halogens is 7. The van der Waals surface area contributed by atoms with Gasteiger partial charge >= 0.3 is 6.43 Å². The number of alkyl halides is 4. The summed E-state index contributed by atoms with van der Waals surface area (Å²) in [5, 5.41) is 5.89. The Bertz CT molecular complexity index is 1110. The molecule has 3 N–H and O–H groups in total. The average Bonchev–Trinajstić information content (AvgIpc) is 3.35. The molecule has 0 radical (unpaired) electrons. The molecule has 6 nitrogen and oxygen atoms in total. The van der Waals surface area contributed by atoms with Crippen molar-refractivity contribution in [1.29, 1.82) is 0 Å². The lowest BCUT2D eigenvalue weighted by molar-refractivity contribution is -0.126. The van der Waals surface area contributed by atoms with E-state index in [9.17, 15) is 36.3 Å². The second-order valence-electron chi connectivity index (χ2n) is 6.76. The van der Waals surface area contributed by atoms with E-state index in [1.807, 2.05) is 5.32 Å². The predicted octanol–water partition coefficient (Wildman–Crippen LogP) is 4.69. The van der Waals surface area contributed by atoms with Crippen molar-refractivity contribution in [3.8, 4) is 0 Å². The molecule has 0 spiro atoms. The van der Waals surface area contributed by atoms with Crippen molar-refractivity contribution in [2.75, 3.05) is 16.0 Å². The second-order valence-corrected chi connectivity index (χ2v) is 8.30. The summed E-state index contributed by atoms with van der Waals surface area (Å²) in [5.74, 6) is -8.03. The average molecular weight is 496 g/mol. The number of hydrogen-bond donors (Lipinski definition) is 3. The summed E-state index contributed by atoms with van der Waals surface area (Å²) in [6.45, 7) is 0. The molecule has 13 heteroatoms. The van der Waals surface area contributed by atoms with Gasteiger partial charge in [-0.05, 0) is 30.7 Å². The van der Waals surface area contributed by atoms with E-state index in [0.29, 0.717) is 6.07 Å². The molecule has 0 aliphatic heterocycles. The molecule has 0 saturated heterocycles. The number of rotatable bonds is 6. The van der Waals surface area contributed by atoms with E-state index in [1.165, 1.54) is 5.32 Å². The fraction of sp³-hybridized carbons (Fsp3) is 0.211. The van der Waals surface area contributed by atoms with Gasteiger partial charge in [0.15, 0.2) is 0 Å². The summed E-state index contributed by atoms with van der Waals surface area (Å²) in [5.41, 5.74) is -2.16. The van der Waals surface area contributed by atoms with Crippen LogP contribution < -0.4 is 16.0 Å². The molecule has 3 rings (SSSR count). The summed E-state index contributed by atoms with van der Waals surface area (Å²) in [6.07, 6.45) is -3.26. The van der Waals surface area contributed by atoms with Crippen molar-refractivity contribution in [3.63, 3.8) is 0 Å². The molecule has 1 aliphatic rings. The van der Waals surface area contributed by atoms with Crippen molar-refractivity contribution in [1.82, 2.24) is 0 Å². The topological polar surface area (TPSA) is 87.3 Å². The van der Waals surface area contributed by atoms with E-state index in [4.69, 9.17) is 23.2 Å². The second kappa shape index (κ2) is 8.91. The minimum Gasteiger partial charge on any atom is -0.326 e. The van der Waals surface area contributed by atoms with Gasteiger partial charge in [-0.15, -0.1) is 23.2 Å². The lowest BCUT2D eigenvalue weighted by Crippen LogP contribution is -2.21. The molecule has 1 aliphatic carbocycles. The number of hydrogen-bond acceptors (Lipinski definition) is 3. The van der Waals surface area contributed by atoms with Crippen molar-refractivity contribution in [2.45, 2.75) is 17.2 Å². The Morgan fingerprint density at radius 2 is 1.50 bits per heavy atom. The van der Waals surface area contributed by atoms with E-state index < -0.39 is 68.8 Å². The number of nitrogens with one attached hydrogen (secondary N) is 3. The van der Waals surface area contributed by atoms with Gasteiger partial charge in [-0.25, -0.2) is 13.2 Å². The fourth-order valence-corrected chi connectivity index (χ4v) is 3.13. The van der Waals surface area contributed by atoms with Crippen LogP contribution in [0.5, 0.6) is 0 Å². The lowest BCUT2D eigenvalue weighted by Gasteiger charge is -2.12. The Morgan fingerprint density at radius 1 is 0.906 bits per heavy atom. The standard InChI is InChI=1S/C19H12Cl2F5N3O3/c20-19(21)6-9(19)17(31)27-7-1-2-10(22)8(3-7)16(30)28-13-5-14(12(24)4-11(13)23)29-18(32)15(25)26/h1-5,9,15H,6H2,(H,27,31)(H,28,30)(H,29,32). The molecule has 170 valence electrons. The molecule has 1 unspecified atom stereocenters. The smallest absolute Gasteiger partial charge is 0.315 e. The van der Waals surface area contributed by atoms with Crippen LogP contribution in [0.15, 0.2) is 30.3 Å². The van der Waals surface area contributed by atoms with E-state index in [0.717, 1.165) is 18.2 Å². The third kappa shape index (κ3) is 5.28. The summed E-state index contributed by atoms with van der Waals surface area (Å²) in [4.78, 5) is 35.5. The molecular formula is C19H12Cl2F5N3O3. The number of anilines is 3. The first-order valence-electron chi connectivity index (χ1n) is 8.76. The van der Waals surface area contributed by atoms with Gasteiger partial charge in [0, 0.05) is 11.8 Å². The van der Waals surface area contributed by atoms with Crippen LogP contribution in [-0.4, -0.2) is 28.5 Å². The SMILES string of the molecule is O=C(Nc1cc(NC(=O)C(F)F)c(F)cc1F)c1cc(NC(=O)C2CC2(Cl)Cl)ccc1F. The molecule has 0 heterocycles. The third-order valence-corrected chi connectivity index (χ3v) is 5.22. The Hall–Kier alpha value is -2.92. The summed E-state index contributed by atoms with van der Waals surface area (Å²) >= 11 is 11.6. The Morgan fingerprint density at radius 3 is 2.06 bits per heavy atom. The van der Waals surface area contributed by atoms with Gasteiger partial charge in [-0.2, -0.15) is 8.78 Å².